The summed E-state index contributed by atoms with van der Waals surface area (Å²) in [5.74, 6) is -1.69. The zero-order valence-corrected chi connectivity index (χ0v) is 19.7. The molecule has 0 aliphatic heterocycles. The van der Waals surface area contributed by atoms with Gasteiger partial charge >= 0.3 is 6.55 Å². The molecule has 1 aliphatic carbocycles. The van der Waals surface area contributed by atoms with Gasteiger partial charge in [0, 0.05) is 24.0 Å². The van der Waals surface area contributed by atoms with E-state index in [2.05, 4.69) is 35.7 Å². The Morgan fingerprint density at radius 2 is 1.97 bits per heavy atom. The number of nitrogens with zero attached hydrogens (tertiary/aromatic N) is 9. The van der Waals surface area contributed by atoms with Crippen molar-refractivity contribution in [1.82, 2.24) is 44.4 Å². The van der Waals surface area contributed by atoms with Gasteiger partial charge in [-0.25, -0.2) is 19.2 Å². The molecular weight excluding hydrogens is 513 g/mol. The van der Waals surface area contributed by atoms with Crippen LogP contribution in [0.4, 0.5) is 18.9 Å². The minimum atomic E-state index is -2.84. The predicted molar refractivity (Wildman–Crippen MR) is 123 cm³/mol. The van der Waals surface area contributed by atoms with Gasteiger partial charge in [-0.05, 0) is 25.5 Å². The van der Waals surface area contributed by atoms with Crippen LogP contribution < -0.4 is 5.32 Å². The van der Waals surface area contributed by atoms with Gasteiger partial charge in [-0.3, -0.25) is 4.79 Å². The Morgan fingerprint density at radius 3 is 2.68 bits per heavy atom. The number of carbonyl (C=O) groups excluding carboxylic acids is 1. The number of pyridine rings is 1. The molecule has 0 spiro atoms. The summed E-state index contributed by atoms with van der Waals surface area (Å²) in [5.41, 5.74) is 0.685. The lowest BCUT2D eigenvalue weighted by atomic mass is 9.82. The Bertz CT molecular complexity index is 1650. The SMILES string of the molecule is C[C@@]1(c2ccn(C(F)F)n2)C[C@H](C(=O)Nc2cnc(-n3nccn3)c(Cl)c2)c2cnc3cc(F)nn3c21. The van der Waals surface area contributed by atoms with E-state index in [0.717, 1.165) is 12.3 Å². The number of fused-ring (bicyclic) bond motifs is 3. The molecule has 0 radical (unpaired) electrons. The molecule has 0 fully saturated rings. The van der Waals surface area contributed by atoms with Crippen molar-refractivity contribution in [2.45, 2.75) is 31.2 Å². The predicted octanol–water partition coefficient (Wildman–Crippen LogP) is 3.52. The molecule has 5 aromatic heterocycles. The van der Waals surface area contributed by atoms with E-state index in [1.54, 1.807) is 6.92 Å². The van der Waals surface area contributed by atoms with Gasteiger partial charge in [-0.15, -0.1) is 9.90 Å². The molecule has 6 rings (SSSR count). The van der Waals surface area contributed by atoms with Gasteiger partial charge in [0.1, 0.15) is 0 Å². The first-order chi connectivity index (χ1) is 17.7. The lowest BCUT2D eigenvalue weighted by Gasteiger charge is -2.23. The first kappa shape index (κ1) is 23.1. The van der Waals surface area contributed by atoms with E-state index < -0.39 is 29.7 Å². The van der Waals surface area contributed by atoms with Crippen molar-refractivity contribution in [1.29, 1.82) is 0 Å². The third kappa shape index (κ3) is 3.71. The summed E-state index contributed by atoms with van der Waals surface area (Å²) in [7, 11) is 0. The van der Waals surface area contributed by atoms with Crippen LogP contribution in [0.1, 0.15) is 42.8 Å². The Labute approximate surface area is 210 Å². The zero-order valence-electron chi connectivity index (χ0n) is 18.9. The van der Waals surface area contributed by atoms with E-state index in [9.17, 15) is 18.0 Å². The van der Waals surface area contributed by atoms with Gasteiger partial charge in [0.05, 0.1) is 52.0 Å². The molecule has 1 N–H and O–H groups in total. The van der Waals surface area contributed by atoms with Gasteiger partial charge in [0.2, 0.25) is 11.9 Å². The second-order valence-corrected chi connectivity index (χ2v) is 9.09. The molecule has 0 bridgehead atoms. The Hall–Kier alpha value is -4.33. The molecular formula is C22H16ClF3N10O. The highest BCUT2D eigenvalue weighted by molar-refractivity contribution is 6.32. The van der Waals surface area contributed by atoms with Crippen LogP contribution in [0.25, 0.3) is 11.5 Å². The van der Waals surface area contributed by atoms with Crippen molar-refractivity contribution in [2.75, 3.05) is 5.32 Å². The number of hydrogen-bond donors (Lipinski definition) is 1. The molecule has 1 amide bonds. The molecule has 2 atom stereocenters. The Morgan fingerprint density at radius 1 is 1.19 bits per heavy atom. The summed E-state index contributed by atoms with van der Waals surface area (Å²) in [6, 6.07) is 4.11. The highest BCUT2D eigenvalue weighted by Crippen LogP contribution is 2.49. The van der Waals surface area contributed by atoms with Crippen molar-refractivity contribution in [3.63, 3.8) is 0 Å². The van der Waals surface area contributed by atoms with Crippen LogP contribution in [-0.2, 0) is 10.2 Å². The largest absolute Gasteiger partial charge is 0.333 e. The third-order valence-electron chi connectivity index (χ3n) is 6.38. The summed E-state index contributed by atoms with van der Waals surface area (Å²) in [6.07, 6.45) is 7.14. The normalized spacial score (nSPS) is 19.0. The zero-order chi connectivity index (χ0) is 25.9. The van der Waals surface area contributed by atoms with Crippen LogP contribution >= 0.6 is 11.6 Å². The molecule has 0 unspecified atom stereocenters. The summed E-state index contributed by atoms with van der Waals surface area (Å²) < 4.78 is 42.4. The minimum Gasteiger partial charge on any atom is -0.324 e. The number of aromatic nitrogens is 9. The van der Waals surface area contributed by atoms with Gasteiger partial charge in [0.15, 0.2) is 11.5 Å². The number of alkyl halides is 2. The Kier molecular flexibility index (Phi) is 5.22. The van der Waals surface area contributed by atoms with Gasteiger partial charge in [-0.2, -0.15) is 28.5 Å². The van der Waals surface area contributed by atoms with Crippen LogP contribution in [0, 0.1) is 5.95 Å². The lowest BCUT2D eigenvalue weighted by molar-refractivity contribution is -0.117. The van der Waals surface area contributed by atoms with E-state index in [4.69, 9.17) is 11.6 Å². The maximum Gasteiger partial charge on any atom is 0.333 e. The molecule has 37 heavy (non-hydrogen) atoms. The number of rotatable bonds is 5. The van der Waals surface area contributed by atoms with Crippen LogP contribution in [0.3, 0.4) is 0 Å². The number of carbonyl (C=O) groups is 1. The fraction of sp³-hybridized carbons (Fsp3) is 0.227. The van der Waals surface area contributed by atoms with Crippen molar-refractivity contribution < 1.29 is 18.0 Å². The van der Waals surface area contributed by atoms with Crippen LogP contribution in [0.5, 0.6) is 0 Å². The average molecular weight is 529 g/mol. The van der Waals surface area contributed by atoms with Crippen LogP contribution in [0.15, 0.2) is 49.2 Å². The highest BCUT2D eigenvalue weighted by Gasteiger charge is 2.48. The molecule has 0 aromatic carbocycles. The summed E-state index contributed by atoms with van der Waals surface area (Å²) >= 11 is 6.32. The summed E-state index contributed by atoms with van der Waals surface area (Å²) in [6.45, 7) is -1.09. The Balaban J connectivity index is 1.38. The smallest absolute Gasteiger partial charge is 0.324 e. The standard InChI is InChI=1S/C22H16ClF3N10O/c1-22(15-2-5-34(32-15)21(25)26)8-12(13-10-27-17-7-16(24)33-35(17)18(13)22)20(37)31-11-6-14(23)19(28-9-11)36-29-3-4-30-36/h2-7,9-10,12,21H,8H2,1H3,(H,31,37)/t12-,22-/m0/s1. The molecule has 0 saturated carbocycles. The molecule has 5 aromatic rings. The van der Waals surface area contributed by atoms with E-state index in [-0.39, 0.29) is 28.6 Å². The van der Waals surface area contributed by atoms with Gasteiger partial charge in [-0.1, -0.05) is 11.6 Å². The molecule has 11 nitrogen and oxygen atoms in total. The van der Waals surface area contributed by atoms with Gasteiger partial charge < -0.3 is 5.32 Å². The summed E-state index contributed by atoms with van der Waals surface area (Å²) in [4.78, 5) is 23.2. The third-order valence-corrected chi connectivity index (χ3v) is 6.66. The van der Waals surface area contributed by atoms with Gasteiger partial charge in [0.25, 0.3) is 0 Å². The molecule has 1 aliphatic rings. The van der Waals surface area contributed by atoms with Crippen LogP contribution in [-0.4, -0.2) is 50.3 Å². The first-order valence-corrected chi connectivity index (χ1v) is 11.3. The second-order valence-electron chi connectivity index (χ2n) is 8.68. The van der Waals surface area contributed by atoms with Crippen LogP contribution in [0.2, 0.25) is 5.02 Å². The number of anilines is 1. The highest BCUT2D eigenvalue weighted by atomic mass is 35.5. The van der Waals surface area contributed by atoms with E-state index in [1.165, 1.54) is 46.2 Å². The van der Waals surface area contributed by atoms with E-state index in [1.807, 2.05) is 0 Å². The maximum absolute atomic E-state index is 14.1. The molecule has 188 valence electrons. The quantitative estimate of drug-likeness (QED) is 0.370. The van der Waals surface area contributed by atoms with Crippen molar-refractivity contribution in [3.05, 3.63) is 77.1 Å². The fourth-order valence-electron chi connectivity index (χ4n) is 4.74. The number of hydrogen-bond acceptors (Lipinski definition) is 7. The monoisotopic (exact) mass is 528 g/mol. The van der Waals surface area contributed by atoms with Crippen molar-refractivity contribution in [2.24, 2.45) is 0 Å². The van der Waals surface area contributed by atoms with Crippen molar-refractivity contribution in [3.8, 4) is 5.82 Å². The second kappa shape index (κ2) is 8.37. The number of amides is 1. The topological polar surface area (TPSA) is 121 Å². The number of nitrogens with one attached hydrogen (secondary N) is 1. The minimum absolute atomic E-state index is 0.146. The average Bonchev–Trinajstić information content (AvgIpc) is 3.64. The maximum atomic E-state index is 14.1. The number of halogens is 4. The van der Waals surface area contributed by atoms with Crippen molar-refractivity contribution >= 4 is 28.8 Å². The lowest BCUT2D eigenvalue weighted by Crippen LogP contribution is -2.26. The van der Waals surface area contributed by atoms with E-state index >= 15 is 0 Å². The van der Waals surface area contributed by atoms with E-state index in [0.29, 0.717) is 21.6 Å². The fourth-order valence-corrected chi connectivity index (χ4v) is 4.98. The first-order valence-electron chi connectivity index (χ1n) is 11.0. The molecule has 0 saturated heterocycles. The molecule has 15 heteroatoms. The molecule has 5 heterocycles. The summed E-state index contributed by atoms with van der Waals surface area (Å²) in [5, 5.41) is 18.9.